The predicted octanol–water partition coefficient (Wildman–Crippen LogP) is 1.45. The highest BCUT2D eigenvalue weighted by atomic mass is 19.2. The highest BCUT2D eigenvalue weighted by Gasteiger charge is 2.18. The van der Waals surface area contributed by atoms with Crippen molar-refractivity contribution in [2.24, 2.45) is 5.84 Å². The first-order valence-corrected chi connectivity index (χ1v) is 4.55. The fourth-order valence-electron chi connectivity index (χ4n) is 1.40. The van der Waals surface area contributed by atoms with Crippen LogP contribution in [-0.4, -0.2) is 5.91 Å². The fourth-order valence-corrected chi connectivity index (χ4v) is 1.40. The van der Waals surface area contributed by atoms with Crippen molar-refractivity contribution in [1.82, 2.24) is 5.43 Å². The van der Waals surface area contributed by atoms with Crippen LogP contribution in [0.15, 0.2) is 18.2 Å². The summed E-state index contributed by atoms with van der Waals surface area (Å²) in [6, 6.07) is 3.39. The monoisotopic (exact) mass is 214 g/mol. The Balaban J connectivity index is 3.02. The molecule has 1 atom stereocenters. The largest absolute Gasteiger partial charge is 0.294 e. The molecule has 0 aromatic heterocycles. The van der Waals surface area contributed by atoms with Gasteiger partial charge in [0.2, 0.25) is 5.91 Å². The normalized spacial score (nSPS) is 12.3. The second-order valence-electron chi connectivity index (χ2n) is 3.14. The van der Waals surface area contributed by atoms with E-state index in [0.29, 0.717) is 12.0 Å². The Hall–Kier alpha value is -1.49. The van der Waals surface area contributed by atoms with E-state index in [1.807, 2.05) is 5.43 Å². The summed E-state index contributed by atoms with van der Waals surface area (Å²) in [5, 5.41) is 0. The van der Waals surface area contributed by atoms with Crippen molar-refractivity contribution < 1.29 is 13.6 Å². The van der Waals surface area contributed by atoms with Crippen LogP contribution in [0.3, 0.4) is 0 Å². The summed E-state index contributed by atoms with van der Waals surface area (Å²) in [4.78, 5) is 11.3. The van der Waals surface area contributed by atoms with Crippen LogP contribution in [0.1, 0.15) is 24.8 Å². The van der Waals surface area contributed by atoms with Gasteiger partial charge in [0.15, 0.2) is 11.6 Å². The summed E-state index contributed by atoms with van der Waals surface area (Å²) < 4.78 is 25.6. The minimum atomic E-state index is -0.962. The molecule has 0 aliphatic rings. The Morgan fingerprint density at radius 2 is 2.13 bits per heavy atom. The Morgan fingerprint density at radius 3 is 2.60 bits per heavy atom. The zero-order chi connectivity index (χ0) is 11.4. The average Bonchev–Trinajstić information content (AvgIpc) is 2.24. The topological polar surface area (TPSA) is 55.1 Å². The van der Waals surface area contributed by atoms with Gasteiger partial charge in [0.25, 0.3) is 0 Å². The first-order chi connectivity index (χ1) is 7.10. The first-order valence-electron chi connectivity index (χ1n) is 4.55. The molecule has 0 aliphatic heterocycles. The average molecular weight is 214 g/mol. The van der Waals surface area contributed by atoms with Gasteiger partial charge in [-0.2, -0.15) is 0 Å². The summed E-state index contributed by atoms with van der Waals surface area (Å²) in [6.07, 6.45) is 0.466. The third kappa shape index (κ3) is 2.50. The van der Waals surface area contributed by atoms with Gasteiger partial charge in [-0.25, -0.2) is 14.6 Å². The lowest BCUT2D eigenvalue weighted by Crippen LogP contribution is -2.34. The number of carbonyl (C=O) groups is 1. The fraction of sp³-hybridized carbons (Fsp3) is 0.300. The molecule has 0 aliphatic carbocycles. The van der Waals surface area contributed by atoms with Crippen LogP contribution in [0.5, 0.6) is 0 Å². The van der Waals surface area contributed by atoms with Gasteiger partial charge in [-0.05, 0) is 24.1 Å². The molecule has 1 aromatic carbocycles. The SMILES string of the molecule is CCC(C(=O)NN)c1ccc(F)c(F)c1. The molecular weight excluding hydrogens is 202 g/mol. The van der Waals surface area contributed by atoms with Gasteiger partial charge in [-0.15, -0.1) is 0 Å². The van der Waals surface area contributed by atoms with E-state index in [2.05, 4.69) is 0 Å². The molecule has 1 unspecified atom stereocenters. The minimum Gasteiger partial charge on any atom is -0.294 e. The quantitative estimate of drug-likeness (QED) is 0.454. The van der Waals surface area contributed by atoms with E-state index in [9.17, 15) is 13.6 Å². The molecule has 0 bridgehead atoms. The Labute approximate surface area is 86.2 Å². The molecule has 5 heteroatoms. The van der Waals surface area contributed by atoms with Crippen molar-refractivity contribution in [3.8, 4) is 0 Å². The summed E-state index contributed by atoms with van der Waals surface area (Å²) in [6.45, 7) is 1.77. The molecule has 0 heterocycles. The predicted molar refractivity (Wildman–Crippen MR) is 51.7 cm³/mol. The van der Waals surface area contributed by atoms with Crippen LogP contribution in [0.4, 0.5) is 8.78 Å². The van der Waals surface area contributed by atoms with E-state index in [0.717, 1.165) is 12.1 Å². The van der Waals surface area contributed by atoms with Gasteiger partial charge in [0.1, 0.15) is 0 Å². The number of hydrogen-bond acceptors (Lipinski definition) is 2. The minimum absolute atomic E-state index is 0.413. The van der Waals surface area contributed by atoms with E-state index in [-0.39, 0.29) is 0 Å². The number of nitrogens with two attached hydrogens (primary N) is 1. The number of halogens is 2. The molecule has 1 amide bonds. The summed E-state index contributed by atoms with van der Waals surface area (Å²) in [5.74, 6) is 2.13. The van der Waals surface area contributed by atoms with Crippen molar-refractivity contribution in [2.75, 3.05) is 0 Å². The van der Waals surface area contributed by atoms with E-state index in [4.69, 9.17) is 5.84 Å². The Kier molecular flexibility index (Phi) is 3.74. The summed E-state index contributed by atoms with van der Waals surface area (Å²) in [7, 11) is 0. The van der Waals surface area contributed by atoms with E-state index in [1.54, 1.807) is 6.92 Å². The van der Waals surface area contributed by atoms with Crippen molar-refractivity contribution in [1.29, 1.82) is 0 Å². The van der Waals surface area contributed by atoms with E-state index >= 15 is 0 Å². The number of rotatable bonds is 3. The molecule has 0 saturated heterocycles. The Morgan fingerprint density at radius 1 is 1.47 bits per heavy atom. The van der Waals surface area contributed by atoms with Crippen LogP contribution in [0.25, 0.3) is 0 Å². The maximum absolute atomic E-state index is 12.9. The third-order valence-electron chi connectivity index (χ3n) is 2.21. The van der Waals surface area contributed by atoms with Crippen molar-refractivity contribution >= 4 is 5.91 Å². The molecular formula is C10H12F2N2O. The van der Waals surface area contributed by atoms with Crippen LogP contribution < -0.4 is 11.3 Å². The number of amides is 1. The summed E-state index contributed by atoms with van der Waals surface area (Å²) in [5.41, 5.74) is 2.41. The lowest BCUT2D eigenvalue weighted by Gasteiger charge is -2.13. The molecule has 1 rings (SSSR count). The first kappa shape index (κ1) is 11.6. The van der Waals surface area contributed by atoms with E-state index in [1.165, 1.54) is 6.07 Å². The van der Waals surface area contributed by atoms with Crippen LogP contribution >= 0.6 is 0 Å². The number of benzene rings is 1. The van der Waals surface area contributed by atoms with Gasteiger partial charge in [0, 0.05) is 0 Å². The van der Waals surface area contributed by atoms with Gasteiger partial charge < -0.3 is 0 Å². The number of nitrogens with one attached hydrogen (secondary N) is 1. The highest BCUT2D eigenvalue weighted by Crippen LogP contribution is 2.21. The maximum Gasteiger partial charge on any atom is 0.241 e. The molecule has 3 N–H and O–H groups in total. The zero-order valence-electron chi connectivity index (χ0n) is 8.26. The smallest absolute Gasteiger partial charge is 0.241 e. The van der Waals surface area contributed by atoms with Gasteiger partial charge in [-0.1, -0.05) is 13.0 Å². The van der Waals surface area contributed by atoms with Crippen LogP contribution in [0, 0.1) is 11.6 Å². The molecule has 0 fully saturated rings. The lowest BCUT2D eigenvalue weighted by molar-refractivity contribution is -0.122. The molecule has 0 saturated carbocycles. The van der Waals surface area contributed by atoms with Crippen molar-refractivity contribution in [3.05, 3.63) is 35.4 Å². The zero-order valence-corrected chi connectivity index (χ0v) is 8.26. The van der Waals surface area contributed by atoms with Gasteiger partial charge in [0.05, 0.1) is 5.92 Å². The second-order valence-corrected chi connectivity index (χ2v) is 3.14. The molecule has 3 nitrogen and oxygen atoms in total. The summed E-state index contributed by atoms with van der Waals surface area (Å²) >= 11 is 0. The number of hydrazine groups is 1. The highest BCUT2D eigenvalue weighted by molar-refractivity contribution is 5.82. The molecule has 0 spiro atoms. The van der Waals surface area contributed by atoms with Gasteiger partial charge in [-0.3, -0.25) is 10.2 Å². The van der Waals surface area contributed by atoms with Crippen molar-refractivity contribution in [3.63, 3.8) is 0 Å². The van der Waals surface area contributed by atoms with Crippen LogP contribution in [0.2, 0.25) is 0 Å². The van der Waals surface area contributed by atoms with Crippen molar-refractivity contribution in [2.45, 2.75) is 19.3 Å². The van der Waals surface area contributed by atoms with E-state index < -0.39 is 23.5 Å². The van der Waals surface area contributed by atoms with Crippen LogP contribution in [-0.2, 0) is 4.79 Å². The number of hydrogen-bond donors (Lipinski definition) is 2. The lowest BCUT2D eigenvalue weighted by atomic mass is 9.96. The molecule has 82 valence electrons. The second kappa shape index (κ2) is 4.84. The van der Waals surface area contributed by atoms with Gasteiger partial charge >= 0.3 is 0 Å². The maximum atomic E-state index is 12.9. The molecule has 15 heavy (non-hydrogen) atoms. The number of carbonyl (C=O) groups excluding carboxylic acids is 1. The molecule has 0 radical (unpaired) electrons. The standard InChI is InChI=1S/C10H12F2N2O/c1-2-7(10(15)14-13)6-3-4-8(11)9(12)5-6/h3-5,7H,2,13H2,1H3,(H,14,15). The Bertz CT molecular complexity index is 368. The molecule has 1 aromatic rings. The third-order valence-corrected chi connectivity index (χ3v) is 2.21.